The first-order chi connectivity index (χ1) is 11.0. The second-order valence-corrected chi connectivity index (χ2v) is 4.87. The quantitative estimate of drug-likeness (QED) is 0.809. The predicted octanol–water partition coefficient (Wildman–Crippen LogP) is 1.89. The second-order valence-electron chi connectivity index (χ2n) is 4.87. The van der Waals surface area contributed by atoms with Crippen molar-refractivity contribution >= 4 is 12.0 Å². The minimum absolute atomic E-state index is 0.319. The Bertz CT molecular complexity index is 654. The van der Waals surface area contributed by atoms with Gasteiger partial charge in [-0.1, -0.05) is 12.1 Å². The minimum atomic E-state index is -0.688. The molecule has 0 spiro atoms. The second kappa shape index (κ2) is 7.04. The summed E-state index contributed by atoms with van der Waals surface area (Å²) in [7, 11) is 2.81. The van der Waals surface area contributed by atoms with Crippen molar-refractivity contribution in [3.63, 3.8) is 0 Å². The van der Waals surface area contributed by atoms with Crippen molar-refractivity contribution < 1.29 is 23.8 Å². The Balaban J connectivity index is 2.58. The number of carbonyl (C=O) groups is 2. The van der Waals surface area contributed by atoms with Crippen LogP contribution in [0.15, 0.2) is 29.5 Å². The third-order valence-corrected chi connectivity index (χ3v) is 3.50. The molecule has 23 heavy (non-hydrogen) atoms. The molecule has 1 aliphatic rings. The van der Waals surface area contributed by atoms with Crippen LogP contribution in [-0.4, -0.2) is 32.8 Å². The van der Waals surface area contributed by atoms with Crippen molar-refractivity contribution in [1.82, 2.24) is 10.6 Å². The lowest BCUT2D eigenvalue weighted by atomic mass is 9.94. The van der Waals surface area contributed by atoms with Crippen molar-refractivity contribution in [2.45, 2.75) is 19.9 Å². The molecule has 1 aromatic carbocycles. The number of ether oxygens (including phenoxy) is 3. The monoisotopic (exact) mass is 320 g/mol. The SMILES string of the molecule is CCOc1cccc([C@H]2NC(=O)NC(C)=C2C(=O)OC)c1OC. The molecule has 1 aliphatic heterocycles. The molecule has 1 heterocycles. The molecule has 0 unspecified atom stereocenters. The van der Waals surface area contributed by atoms with Crippen LogP contribution in [0.5, 0.6) is 11.5 Å². The highest BCUT2D eigenvalue weighted by molar-refractivity contribution is 5.95. The molecule has 0 saturated carbocycles. The number of esters is 1. The average molecular weight is 320 g/mol. The Kier molecular flexibility index (Phi) is 5.10. The molecule has 0 aromatic heterocycles. The number of rotatable bonds is 5. The van der Waals surface area contributed by atoms with Gasteiger partial charge in [0.2, 0.25) is 0 Å². The van der Waals surface area contributed by atoms with E-state index < -0.39 is 18.0 Å². The highest BCUT2D eigenvalue weighted by Gasteiger charge is 2.34. The molecular weight excluding hydrogens is 300 g/mol. The molecule has 7 nitrogen and oxygen atoms in total. The van der Waals surface area contributed by atoms with Gasteiger partial charge in [-0.15, -0.1) is 0 Å². The molecule has 2 amide bonds. The number of benzene rings is 1. The zero-order valence-electron chi connectivity index (χ0n) is 13.6. The van der Waals surface area contributed by atoms with Gasteiger partial charge in [-0.25, -0.2) is 9.59 Å². The van der Waals surface area contributed by atoms with Crippen LogP contribution in [0.3, 0.4) is 0 Å². The van der Waals surface area contributed by atoms with E-state index >= 15 is 0 Å². The van der Waals surface area contributed by atoms with Gasteiger partial charge in [0.15, 0.2) is 11.5 Å². The molecule has 2 rings (SSSR count). The summed E-state index contributed by atoms with van der Waals surface area (Å²) in [6.45, 7) is 3.98. The number of nitrogens with one attached hydrogen (secondary N) is 2. The van der Waals surface area contributed by atoms with E-state index in [4.69, 9.17) is 14.2 Å². The number of allylic oxidation sites excluding steroid dienone is 1. The fourth-order valence-electron chi connectivity index (χ4n) is 2.56. The Labute approximate surface area is 134 Å². The molecule has 124 valence electrons. The van der Waals surface area contributed by atoms with Crippen molar-refractivity contribution in [2.24, 2.45) is 0 Å². The maximum absolute atomic E-state index is 12.1. The third kappa shape index (κ3) is 3.23. The highest BCUT2D eigenvalue weighted by atomic mass is 16.5. The number of methoxy groups -OCH3 is 2. The first-order valence-electron chi connectivity index (χ1n) is 7.19. The van der Waals surface area contributed by atoms with E-state index in [0.29, 0.717) is 34.9 Å². The molecule has 7 heteroatoms. The molecule has 1 atom stereocenters. The lowest BCUT2D eigenvalue weighted by Crippen LogP contribution is -2.45. The predicted molar refractivity (Wildman–Crippen MR) is 83.3 cm³/mol. The lowest BCUT2D eigenvalue weighted by Gasteiger charge is -2.29. The van der Waals surface area contributed by atoms with Gasteiger partial charge in [0, 0.05) is 11.3 Å². The number of urea groups is 1. The van der Waals surface area contributed by atoms with Gasteiger partial charge in [0.1, 0.15) is 0 Å². The van der Waals surface area contributed by atoms with Crippen LogP contribution in [0.4, 0.5) is 4.79 Å². The summed E-state index contributed by atoms with van der Waals surface area (Å²) in [6, 6.07) is 4.23. The van der Waals surface area contributed by atoms with Crippen molar-refractivity contribution in [3.05, 3.63) is 35.0 Å². The van der Waals surface area contributed by atoms with Crippen molar-refractivity contribution in [2.75, 3.05) is 20.8 Å². The zero-order valence-corrected chi connectivity index (χ0v) is 13.6. The fraction of sp³-hybridized carbons (Fsp3) is 0.375. The molecule has 1 aromatic rings. The average Bonchev–Trinajstić information content (AvgIpc) is 2.53. The smallest absolute Gasteiger partial charge is 0.337 e. The van der Waals surface area contributed by atoms with Gasteiger partial charge in [0.25, 0.3) is 0 Å². The normalized spacial score (nSPS) is 17.2. The van der Waals surface area contributed by atoms with E-state index in [1.807, 2.05) is 6.92 Å². The van der Waals surface area contributed by atoms with E-state index in [2.05, 4.69) is 10.6 Å². The van der Waals surface area contributed by atoms with Crippen molar-refractivity contribution in [3.8, 4) is 11.5 Å². The van der Waals surface area contributed by atoms with E-state index in [1.54, 1.807) is 25.1 Å². The van der Waals surface area contributed by atoms with Crippen LogP contribution in [0.25, 0.3) is 0 Å². The standard InChI is InChI=1S/C16H20N2O5/c1-5-23-11-8-6-7-10(14(11)21-3)13-12(15(19)22-4)9(2)17-16(20)18-13/h6-8,13H,5H2,1-4H3,(H2,17,18,20)/t13-/m1/s1. The van der Waals surface area contributed by atoms with Crippen LogP contribution in [0.2, 0.25) is 0 Å². The van der Waals surface area contributed by atoms with Gasteiger partial charge in [-0.05, 0) is 19.9 Å². The van der Waals surface area contributed by atoms with E-state index in [0.717, 1.165) is 0 Å². The van der Waals surface area contributed by atoms with Gasteiger partial charge >= 0.3 is 12.0 Å². The summed E-state index contributed by atoms with van der Waals surface area (Å²) >= 11 is 0. The van der Waals surface area contributed by atoms with Crippen LogP contribution < -0.4 is 20.1 Å². The summed E-state index contributed by atoms with van der Waals surface area (Å²) < 4.78 is 15.8. The Morgan fingerprint density at radius 2 is 2.04 bits per heavy atom. The van der Waals surface area contributed by atoms with E-state index in [1.165, 1.54) is 14.2 Å². The van der Waals surface area contributed by atoms with Crippen LogP contribution in [-0.2, 0) is 9.53 Å². The molecule has 2 N–H and O–H groups in total. The Morgan fingerprint density at radius 3 is 2.65 bits per heavy atom. The van der Waals surface area contributed by atoms with Gasteiger partial charge in [-0.2, -0.15) is 0 Å². The summed E-state index contributed by atoms with van der Waals surface area (Å²) in [4.78, 5) is 24.0. The number of carbonyl (C=O) groups excluding carboxylic acids is 2. The minimum Gasteiger partial charge on any atom is -0.492 e. The first kappa shape index (κ1) is 16.7. The Hall–Kier alpha value is -2.70. The van der Waals surface area contributed by atoms with Gasteiger partial charge in [0.05, 0.1) is 32.4 Å². The highest BCUT2D eigenvalue weighted by Crippen LogP contribution is 2.39. The van der Waals surface area contributed by atoms with Crippen LogP contribution >= 0.6 is 0 Å². The molecule has 0 bridgehead atoms. The fourth-order valence-corrected chi connectivity index (χ4v) is 2.56. The van der Waals surface area contributed by atoms with E-state index in [9.17, 15) is 9.59 Å². The van der Waals surface area contributed by atoms with Crippen LogP contribution in [0, 0.1) is 0 Å². The van der Waals surface area contributed by atoms with Crippen molar-refractivity contribution in [1.29, 1.82) is 0 Å². The van der Waals surface area contributed by atoms with E-state index in [-0.39, 0.29) is 0 Å². The summed E-state index contributed by atoms with van der Waals surface area (Å²) in [5.41, 5.74) is 1.38. The van der Waals surface area contributed by atoms with Gasteiger partial charge < -0.3 is 24.8 Å². The number of para-hydroxylation sites is 1. The maximum atomic E-state index is 12.1. The summed E-state index contributed by atoms with van der Waals surface area (Å²) in [5.74, 6) is 0.488. The van der Waals surface area contributed by atoms with Gasteiger partial charge in [-0.3, -0.25) is 0 Å². The summed E-state index contributed by atoms with van der Waals surface area (Å²) in [5, 5.41) is 5.31. The molecule has 0 radical (unpaired) electrons. The molecule has 0 fully saturated rings. The molecule has 0 saturated heterocycles. The number of hydrogen-bond donors (Lipinski definition) is 2. The number of hydrogen-bond acceptors (Lipinski definition) is 5. The maximum Gasteiger partial charge on any atom is 0.337 e. The topological polar surface area (TPSA) is 85.9 Å². The molecular formula is C16H20N2O5. The Morgan fingerprint density at radius 1 is 1.30 bits per heavy atom. The summed E-state index contributed by atoms with van der Waals surface area (Å²) in [6.07, 6.45) is 0. The first-order valence-corrected chi connectivity index (χ1v) is 7.19. The lowest BCUT2D eigenvalue weighted by molar-refractivity contribution is -0.136. The number of amides is 2. The largest absolute Gasteiger partial charge is 0.492 e. The molecule has 0 aliphatic carbocycles. The van der Waals surface area contributed by atoms with Crippen LogP contribution in [0.1, 0.15) is 25.5 Å². The zero-order chi connectivity index (χ0) is 17.0. The third-order valence-electron chi connectivity index (χ3n) is 3.50.